The van der Waals surface area contributed by atoms with Gasteiger partial charge in [0.1, 0.15) is 0 Å². The molecule has 2 rings (SSSR count). The molecule has 1 aromatic rings. The Morgan fingerprint density at radius 3 is 2.65 bits per heavy atom. The molecule has 0 spiro atoms. The summed E-state index contributed by atoms with van der Waals surface area (Å²) in [6.07, 6.45) is 6.17. The van der Waals surface area contributed by atoms with E-state index < -0.39 is 0 Å². The highest BCUT2D eigenvalue weighted by Gasteiger charge is 2.24. The molecule has 0 atom stereocenters. The van der Waals surface area contributed by atoms with Gasteiger partial charge >= 0.3 is 0 Å². The van der Waals surface area contributed by atoms with Crippen LogP contribution in [-0.4, -0.2) is 32.1 Å². The lowest BCUT2D eigenvalue weighted by Crippen LogP contribution is -2.23. The van der Waals surface area contributed by atoms with Crippen LogP contribution < -0.4 is 5.48 Å². The molecule has 0 bridgehead atoms. The summed E-state index contributed by atoms with van der Waals surface area (Å²) in [5.41, 5.74) is 7.16. The first-order chi connectivity index (χ1) is 12.2. The number of hydrogen-bond donors (Lipinski definition) is 1. The van der Waals surface area contributed by atoms with Crippen LogP contribution in [0.1, 0.15) is 32.3 Å². The molecule has 26 heavy (non-hydrogen) atoms. The minimum absolute atomic E-state index is 0.0125. The van der Waals surface area contributed by atoms with Crippen LogP contribution in [0.4, 0.5) is 0 Å². The molecule has 3 nitrogen and oxygen atoms in total. The molecule has 1 aliphatic rings. The van der Waals surface area contributed by atoms with Crippen molar-refractivity contribution in [1.82, 2.24) is 10.4 Å². The lowest BCUT2D eigenvalue weighted by molar-refractivity contribution is 0.0588. The first-order valence-corrected chi connectivity index (χ1v) is 9.54. The SMILES string of the molecule is C=C(C1=CC(NOCCCN(C)C)=CC(C)(C)C1)c1ccc(Cl)c(Cl)c1. The predicted octanol–water partition coefficient (Wildman–Crippen LogP) is 5.72. The van der Waals surface area contributed by atoms with Gasteiger partial charge in [-0.05, 0) is 73.8 Å². The van der Waals surface area contributed by atoms with Gasteiger partial charge in [0.2, 0.25) is 0 Å². The van der Waals surface area contributed by atoms with Crippen molar-refractivity contribution in [2.45, 2.75) is 26.7 Å². The van der Waals surface area contributed by atoms with E-state index in [0.29, 0.717) is 16.7 Å². The lowest BCUT2D eigenvalue weighted by Gasteiger charge is -2.29. The molecule has 5 heteroatoms. The molecule has 1 aliphatic carbocycles. The molecule has 1 N–H and O–H groups in total. The molecule has 0 aliphatic heterocycles. The fraction of sp³-hybridized carbons (Fsp3) is 0.429. The molecule has 1 aromatic carbocycles. The predicted molar refractivity (Wildman–Crippen MR) is 112 cm³/mol. The van der Waals surface area contributed by atoms with Crippen LogP contribution >= 0.6 is 23.2 Å². The average molecular weight is 395 g/mol. The Kier molecular flexibility index (Phi) is 7.36. The Hall–Kier alpha value is -1.26. The van der Waals surface area contributed by atoms with E-state index >= 15 is 0 Å². The fourth-order valence-corrected chi connectivity index (χ4v) is 3.25. The minimum Gasteiger partial charge on any atom is -0.309 e. The van der Waals surface area contributed by atoms with Crippen LogP contribution in [0.25, 0.3) is 5.57 Å². The van der Waals surface area contributed by atoms with Crippen molar-refractivity contribution in [3.8, 4) is 0 Å². The summed E-state index contributed by atoms with van der Waals surface area (Å²) in [7, 11) is 4.12. The monoisotopic (exact) mass is 394 g/mol. The Labute approximate surface area is 167 Å². The molecule has 0 aromatic heterocycles. The molecule has 0 unspecified atom stereocenters. The zero-order valence-electron chi connectivity index (χ0n) is 16.0. The molecule has 0 amide bonds. The smallest absolute Gasteiger partial charge is 0.0758 e. The van der Waals surface area contributed by atoms with Crippen LogP contribution in [0.3, 0.4) is 0 Å². The van der Waals surface area contributed by atoms with Gasteiger partial charge in [-0.1, -0.05) is 55.8 Å². The molecule has 0 saturated heterocycles. The van der Waals surface area contributed by atoms with Gasteiger partial charge in [-0.2, -0.15) is 0 Å². The van der Waals surface area contributed by atoms with Gasteiger partial charge in [0.05, 0.1) is 22.3 Å². The van der Waals surface area contributed by atoms with E-state index in [0.717, 1.165) is 41.8 Å². The maximum absolute atomic E-state index is 6.16. The molecule has 0 saturated carbocycles. The van der Waals surface area contributed by atoms with Crippen molar-refractivity contribution in [1.29, 1.82) is 0 Å². The summed E-state index contributed by atoms with van der Waals surface area (Å²) in [5, 5.41) is 1.09. The van der Waals surface area contributed by atoms with Gasteiger partial charge < -0.3 is 4.90 Å². The molecule has 0 fully saturated rings. The van der Waals surface area contributed by atoms with Crippen molar-refractivity contribution in [2.75, 3.05) is 27.2 Å². The van der Waals surface area contributed by atoms with E-state index in [2.05, 4.69) is 57.1 Å². The molecular formula is C21H28Cl2N2O. The van der Waals surface area contributed by atoms with Gasteiger partial charge in [0.25, 0.3) is 0 Å². The van der Waals surface area contributed by atoms with Crippen molar-refractivity contribution in [3.05, 3.63) is 63.8 Å². The summed E-state index contributed by atoms with van der Waals surface area (Å²) in [5.74, 6) is 0. The normalized spacial score (nSPS) is 16.3. The first kappa shape index (κ1) is 21.0. The topological polar surface area (TPSA) is 24.5 Å². The maximum atomic E-state index is 6.16. The van der Waals surface area contributed by atoms with E-state index in [1.807, 2.05) is 18.2 Å². The third-order valence-corrected chi connectivity index (χ3v) is 4.96. The Balaban J connectivity index is 2.07. The number of halogens is 2. The van der Waals surface area contributed by atoms with E-state index in [1.54, 1.807) is 0 Å². The Bertz CT molecular complexity index is 721. The quantitative estimate of drug-likeness (QED) is 0.450. The first-order valence-electron chi connectivity index (χ1n) is 8.78. The molecule has 0 radical (unpaired) electrons. The van der Waals surface area contributed by atoms with E-state index in [-0.39, 0.29) is 5.41 Å². The number of benzene rings is 1. The van der Waals surface area contributed by atoms with E-state index in [1.165, 1.54) is 0 Å². The zero-order valence-corrected chi connectivity index (χ0v) is 17.5. The summed E-state index contributed by atoms with van der Waals surface area (Å²) >= 11 is 12.2. The third-order valence-electron chi connectivity index (χ3n) is 4.22. The second-order valence-corrected chi connectivity index (χ2v) is 8.46. The van der Waals surface area contributed by atoms with Crippen molar-refractivity contribution in [3.63, 3.8) is 0 Å². The van der Waals surface area contributed by atoms with E-state index in [9.17, 15) is 0 Å². The van der Waals surface area contributed by atoms with Gasteiger partial charge in [-0.25, -0.2) is 0 Å². The summed E-state index contributed by atoms with van der Waals surface area (Å²) in [6.45, 7) is 10.3. The number of hydroxylamine groups is 1. The van der Waals surface area contributed by atoms with Crippen LogP contribution in [0.2, 0.25) is 10.0 Å². The highest BCUT2D eigenvalue weighted by Crippen LogP contribution is 2.39. The summed E-state index contributed by atoms with van der Waals surface area (Å²) in [6, 6.07) is 5.62. The van der Waals surface area contributed by atoms with Gasteiger partial charge in [0, 0.05) is 0 Å². The third kappa shape index (κ3) is 6.17. The highest BCUT2D eigenvalue weighted by atomic mass is 35.5. The van der Waals surface area contributed by atoms with Gasteiger partial charge in [0.15, 0.2) is 0 Å². The summed E-state index contributed by atoms with van der Waals surface area (Å²) in [4.78, 5) is 7.77. The molecule has 0 heterocycles. The van der Waals surface area contributed by atoms with Crippen molar-refractivity contribution in [2.24, 2.45) is 5.41 Å². The van der Waals surface area contributed by atoms with Crippen LogP contribution in [0, 0.1) is 5.41 Å². The number of allylic oxidation sites excluding steroid dienone is 4. The second kappa shape index (κ2) is 9.09. The number of nitrogens with one attached hydrogen (secondary N) is 1. The van der Waals surface area contributed by atoms with Crippen molar-refractivity contribution < 1.29 is 4.84 Å². The largest absolute Gasteiger partial charge is 0.309 e. The fourth-order valence-electron chi connectivity index (χ4n) is 2.95. The average Bonchev–Trinajstić information content (AvgIpc) is 2.54. The van der Waals surface area contributed by atoms with Gasteiger partial charge in [-0.15, -0.1) is 0 Å². The van der Waals surface area contributed by atoms with Crippen LogP contribution in [0.15, 0.2) is 48.2 Å². The number of rotatable bonds is 8. The Morgan fingerprint density at radius 2 is 2.00 bits per heavy atom. The van der Waals surface area contributed by atoms with Gasteiger partial charge in [-0.3, -0.25) is 10.3 Å². The zero-order chi connectivity index (χ0) is 19.3. The maximum Gasteiger partial charge on any atom is 0.0758 e. The lowest BCUT2D eigenvalue weighted by atomic mass is 9.78. The number of nitrogens with zero attached hydrogens (tertiary/aromatic N) is 1. The molecular weight excluding hydrogens is 367 g/mol. The van der Waals surface area contributed by atoms with Crippen LogP contribution in [0.5, 0.6) is 0 Å². The van der Waals surface area contributed by atoms with Crippen molar-refractivity contribution >= 4 is 28.8 Å². The molecule has 142 valence electrons. The minimum atomic E-state index is 0.0125. The highest BCUT2D eigenvalue weighted by molar-refractivity contribution is 6.42. The van der Waals surface area contributed by atoms with Crippen LogP contribution in [-0.2, 0) is 4.84 Å². The van der Waals surface area contributed by atoms with E-state index in [4.69, 9.17) is 28.0 Å². The standard InChI is InChI=1S/C21H28Cl2N2O/c1-15(16-7-8-19(22)20(23)12-16)17-11-18(14-21(2,3)13-17)24-26-10-6-9-25(4)5/h7-8,11-12,14,24H,1,6,9-10,13H2,2-5H3. The number of hydrogen-bond acceptors (Lipinski definition) is 3. The summed E-state index contributed by atoms with van der Waals surface area (Å²) < 4.78 is 0. The Morgan fingerprint density at radius 1 is 1.27 bits per heavy atom. The second-order valence-electron chi connectivity index (χ2n) is 7.65.